The van der Waals surface area contributed by atoms with Gasteiger partial charge in [0, 0.05) is 6.54 Å². The maximum atomic E-state index is 11.0. The van der Waals surface area contributed by atoms with Crippen LogP contribution in [0.25, 0.3) is 0 Å². The Hall–Kier alpha value is -0.820. The van der Waals surface area contributed by atoms with E-state index in [1.54, 1.807) is 0 Å². The molecule has 0 saturated carbocycles. The summed E-state index contributed by atoms with van der Waals surface area (Å²) in [6.45, 7) is 0.729. The van der Waals surface area contributed by atoms with Crippen molar-refractivity contribution in [1.82, 2.24) is 4.90 Å². The van der Waals surface area contributed by atoms with Crippen LogP contribution in [0, 0.1) is 0 Å². The Bertz CT molecular complexity index is 312. The van der Waals surface area contributed by atoms with Crippen molar-refractivity contribution in [2.45, 2.75) is 12.5 Å². The van der Waals surface area contributed by atoms with Crippen LogP contribution in [0.15, 0.2) is 0 Å². The molecule has 1 heterocycles. The molecule has 7 heteroatoms. The van der Waals surface area contributed by atoms with Crippen LogP contribution in [0.1, 0.15) is 6.42 Å². The highest BCUT2D eigenvalue weighted by atomic mass is 32.2. The van der Waals surface area contributed by atoms with E-state index < -0.39 is 22.3 Å². The summed E-state index contributed by atoms with van der Waals surface area (Å²) in [7, 11) is -2.16. The Morgan fingerprint density at radius 3 is 2.64 bits per heavy atom. The van der Waals surface area contributed by atoms with Crippen molar-refractivity contribution in [1.29, 1.82) is 0 Å². The molecule has 6 nitrogen and oxygen atoms in total. The van der Waals surface area contributed by atoms with Gasteiger partial charge in [-0.05, 0) is 6.42 Å². The summed E-state index contributed by atoms with van der Waals surface area (Å²) in [5, 5.41) is 0. The predicted octanol–water partition coefficient (Wildman–Crippen LogP) is -0.197. The molecular weight excluding hydrogens is 210 g/mol. The molecule has 0 aromatic carbocycles. The molecule has 0 bridgehead atoms. The SMILES string of the molecule is COC(=O)N1CCC(OS(C)(=O)=O)C1. The molecule has 82 valence electrons. The lowest BCUT2D eigenvalue weighted by Gasteiger charge is -2.13. The molecule has 0 N–H and O–H groups in total. The zero-order valence-corrected chi connectivity index (χ0v) is 8.91. The van der Waals surface area contributed by atoms with E-state index in [0.717, 1.165) is 6.26 Å². The highest BCUT2D eigenvalue weighted by Gasteiger charge is 2.29. The van der Waals surface area contributed by atoms with Gasteiger partial charge in [-0.25, -0.2) is 4.79 Å². The van der Waals surface area contributed by atoms with Crippen LogP contribution >= 0.6 is 0 Å². The summed E-state index contributed by atoms with van der Waals surface area (Å²) in [4.78, 5) is 12.4. The van der Waals surface area contributed by atoms with Gasteiger partial charge < -0.3 is 9.64 Å². The van der Waals surface area contributed by atoms with Crippen LogP contribution in [0.3, 0.4) is 0 Å². The lowest BCUT2D eigenvalue weighted by Crippen LogP contribution is -2.30. The van der Waals surface area contributed by atoms with Gasteiger partial charge in [-0.15, -0.1) is 0 Å². The highest BCUT2D eigenvalue weighted by Crippen LogP contribution is 2.14. The van der Waals surface area contributed by atoms with Gasteiger partial charge in [0.05, 0.1) is 26.0 Å². The first kappa shape index (κ1) is 11.3. The van der Waals surface area contributed by atoms with Gasteiger partial charge in [0.25, 0.3) is 10.1 Å². The van der Waals surface area contributed by atoms with Gasteiger partial charge in [-0.3, -0.25) is 4.18 Å². The molecule has 1 atom stereocenters. The monoisotopic (exact) mass is 223 g/mol. The number of amides is 1. The van der Waals surface area contributed by atoms with Crippen LogP contribution in [0.4, 0.5) is 4.79 Å². The van der Waals surface area contributed by atoms with Crippen molar-refractivity contribution in [2.24, 2.45) is 0 Å². The summed E-state index contributed by atoms with van der Waals surface area (Å²) < 4.78 is 30.8. The van der Waals surface area contributed by atoms with E-state index in [1.807, 2.05) is 0 Å². The first-order valence-corrected chi connectivity index (χ1v) is 5.95. The fourth-order valence-corrected chi connectivity index (χ4v) is 2.00. The molecule has 14 heavy (non-hydrogen) atoms. The maximum Gasteiger partial charge on any atom is 0.409 e. The molecule has 1 fully saturated rings. The molecule has 1 rings (SSSR count). The van der Waals surface area contributed by atoms with Gasteiger partial charge in [-0.1, -0.05) is 0 Å². The number of nitrogens with zero attached hydrogens (tertiary/aromatic N) is 1. The van der Waals surface area contributed by atoms with Crippen molar-refractivity contribution < 1.29 is 22.1 Å². The number of hydrogen-bond donors (Lipinski definition) is 0. The number of carbonyl (C=O) groups excluding carboxylic acids is 1. The van der Waals surface area contributed by atoms with E-state index in [2.05, 4.69) is 4.74 Å². The average molecular weight is 223 g/mol. The topological polar surface area (TPSA) is 72.9 Å². The van der Waals surface area contributed by atoms with E-state index >= 15 is 0 Å². The molecular formula is C7H13NO5S. The van der Waals surface area contributed by atoms with E-state index in [1.165, 1.54) is 12.0 Å². The van der Waals surface area contributed by atoms with Crippen molar-refractivity contribution in [3.05, 3.63) is 0 Å². The van der Waals surface area contributed by atoms with Crippen molar-refractivity contribution >= 4 is 16.2 Å². The van der Waals surface area contributed by atoms with E-state index in [9.17, 15) is 13.2 Å². The molecule has 0 aromatic rings. The largest absolute Gasteiger partial charge is 0.453 e. The van der Waals surface area contributed by atoms with Crippen LogP contribution in [0.2, 0.25) is 0 Å². The minimum atomic E-state index is -3.44. The molecule has 0 aliphatic carbocycles. The summed E-state index contributed by atoms with van der Waals surface area (Å²) in [6.07, 6.45) is 0.615. The molecule has 1 aliphatic heterocycles. The number of methoxy groups -OCH3 is 1. The third-order valence-electron chi connectivity index (χ3n) is 1.89. The Morgan fingerprint density at radius 1 is 1.50 bits per heavy atom. The van der Waals surface area contributed by atoms with Crippen molar-refractivity contribution in [3.63, 3.8) is 0 Å². The van der Waals surface area contributed by atoms with Gasteiger partial charge >= 0.3 is 6.09 Å². The molecule has 0 spiro atoms. The summed E-state index contributed by atoms with van der Waals surface area (Å²) >= 11 is 0. The first-order chi connectivity index (χ1) is 6.42. The quantitative estimate of drug-likeness (QED) is 0.606. The fraction of sp³-hybridized carbons (Fsp3) is 0.857. The Balaban J connectivity index is 2.46. The number of likely N-dealkylation sites (tertiary alicyclic amines) is 1. The second kappa shape index (κ2) is 4.14. The van der Waals surface area contributed by atoms with Gasteiger partial charge in [0.2, 0.25) is 0 Å². The minimum Gasteiger partial charge on any atom is -0.453 e. The zero-order valence-electron chi connectivity index (χ0n) is 8.10. The third-order valence-corrected chi connectivity index (χ3v) is 2.51. The van der Waals surface area contributed by atoms with Gasteiger partial charge in [0.15, 0.2) is 0 Å². The first-order valence-electron chi connectivity index (χ1n) is 4.13. The van der Waals surface area contributed by atoms with E-state index in [0.29, 0.717) is 13.0 Å². The summed E-state index contributed by atoms with van der Waals surface area (Å²) in [6, 6.07) is 0. The maximum absolute atomic E-state index is 11.0. The third kappa shape index (κ3) is 3.15. The van der Waals surface area contributed by atoms with Crippen LogP contribution < -0.4 is 0 Å². The Labute approximate surface area is 82.9 Å². The number of rotatable bonds is 2. The average Bonchev–Trinajstić information content (AvgIpc) is 2.48. The summed E-state index contributed by atoms with van der Waals surface area (Å²) in [5.41, 5.74) is 0. The van der Waals surface area contributed by atoms with Crippen LogP contribution in [0.5, 0.6) is 0 Å². The number of ether oxygens (including phenoxy) is 1. The molecule has 1 aliphatic rings. The zero-order chi connectivity index (χ0) is 10.8. The second-order valence-corrected chi connectivity index (χ2v) is 4.73. The Kier molecular flexibility index (Phi) is 3.33. The molecule has 1 amide bonds. The molecule has 1 saturated heterocycles. The van der Waals surface area contributed by atoms with E-state index in [-0.39, 0.29) is 6.54 Å². The van der Waals surface area contributed by atoms with Crippen LogP contribution in [-0.2, 0) is 19.0 Å². The van der Waals surface area contributed by atoms with Crippen molar-refractivity contribution in [3.8, 4) is 0 Å². The number of hydrogen-bond acceptors (Lipinski definition) is 5. The summed E-state index contributed by atoms with van der Waals surface area (Å²) in [5.74, 6) is 0. The molecule has 0 radical (unpaired) electrons. The Morgan fingerprint density at radius 2 is 2.14 bits per heavy atom. The number of carbonyl (C=O) groups is 1. The van der Waals surface area contributed by atoms with E-state index in [4.69, 9.17) is 4.18 Å². The van der Waals surface area contributed by atoms with Gasteiger partial charge in [-0.2, -0.15) is 8.42 Å². The van der Waals surface area contributed by atoms with Gasteiger partial charge in [0.1, 0.15) is 0 Å². The fourth-order valence-electron chi connectivity index (χ4n) is 1.35. The predicted molar refractivity (Wildman–Crippen MR) is 48.3 cm³/mol. The smallest absolute Gasteiger partial charge is 0.409 e. The normalized spacial score (nSPS) is 22.4. The highest BCUT2D eigenvalue weighted by molar-refractivity contribution is 7.86. The molecule has 1 unspecified atom stereocenters. The lowest BCUT2D eigenvalue weighted by molar-refractivity contribution is 0.126. The lowest BCUT2D eigenvalue weighted by atomic mass is 10.3. The second-order valence-electron chi connectivity index (χ2n) is 3.13. The van der Waals surface area contributed by atoms with Crippen molar-refractivity contribution in [2.75, 3.05) is 26.5 Å². The minimum absolute atomic E-state index is 0.264. The standard InChI is InChI=1S/C7H13NO5S/c1-12-7(9)8-4-3-6(5-8)13-14(2,10)11/h6H,3-5H2,1-2H3. The molecule has 0 aromatic heterocycles. The van der Waals surface area contributed by atoms with Crippen LogP contribution in [-0.4, -0.2) is 52.0 Å².